The van der Waals surface area contributed by atoms with Crippen molar-refractivity contribution < 1.29 is 9.47 Å². The minimum atomic E-state index is -0.179. The molecule has 2 fully saturated rings. The first-order valence-electron chi connectivity index (χ1n) is 11.5. The van der Waals surface area contributed by atoms with Crippen LogP contribution >= 0.6 is 11.3 Å². The van der Waals surface area contributed by atoms with E-state index in [4.69, 9.17) is 14.5 Å². The number of nitrogens with one attached hydrogen (secondary N) is 2. The third-order valence-electron chi connectivity index (χ3n) is 6.81. The highest BCUT2D eigenvalue weighted by Gasteiger charge is 2.36. The summed E-state index contributed by atoms with van der Waals surface area (Å²) in [5.74, 6) is 2.11. The summed E-state index contributed by atoms with van der Waals surface area (Å²) in [7, 11) is 0. The van der Waals surface area contributed by atoms with Crippen LogP contribution in [0.15, 0.2) is 40.6 Å². The normalized spacial score (nSPS) is 18.5. The van der Waals surface area contributed by atoms with Gasteiger partial charge in [-0.25, -0.2) is 4.98 Å². The fraction of sp³-hybridized carbons (Fsp3) is 0.400. The lowest BCUT2D eigenvalue weighted by molar-refractivity contribution is -0.102. The van der Waals surface area contributed by atoms with Crippen LogP contribution < -0.4 is 15.6 Å². The van der Waals surface area contributed by atoms with E-state index in [0.29, 0.717) is 34.3 Å². The summed E-state index contributed by atoms with van der Waals surface area (Å²) < 4.78 is 13.1. The summed E-state index contributed by atoms with van der Waals surface area (Å²) in [6.07, 6.45) is 4.13. The van der Waals surface area contributed by atoms with Crippen molar-refractivity contribution in [3.05, 3.63) is 51.8 Å². The number of hydrogen-bond acceptors (Lipinski definition) is 7. The number of hydrogen-bond donors (Lipinski definition) is 2. The van der Waals surface area contributed by atoms with Crippen LogP contribution in [0.2, 0.25) is 0 Å². The number of rotatable bonds is 5. The molecule has 0 amide bonds. The first-order chi connectivity index (χ1) is 16.2. The number of ether oxygens (including phenoxy) is 2. The first-order valence-corrected chi connectivity index (χ1v) is 12.4. The molecule has 6 rings (SSSR count). The molecule has 0 radical (unpaired) electrons. The number of H-pyrrole nitrogens is 1. The molecule has 5 heterocycles. The van der Waals surface area contributed by atoms with Gasteiger partial charge in [-0.15, -0.1) is 11.3 Å². The molecule has 0 aliphatic carbocycles. The van der Waals surface area contributed by atoms with Crippen LogP contribution in [0, 0.1) is 18.8 Å². The average Bonchev–Trinajstić information content (AvgIpc) is 3.26. The third-order valence-corrected chi connectivity index (χ3v) is 7.67. The van der Waals surface area contributed by atoms with Crippen molar-refractivity contribution in [3.63, 3.8) is 0 Å². The molecule has 2 aliphatic rings. The zero-order valence-electron chi connectivity index (χ0n) is 18.5. The predicted molar refractivity (Wildman–Crippen MR) is 130 cm³/mol. The van der Waals surface area contributed by atoms with Crippen LogP contribution in [0.4, 0.5) is 0 Å². The van der Waals surface area contributed by atoms with Crippen LogP contribution in [0.3, 0.4) is 0 Å². The predicted octanol–water partition coefficient (Wildman–Crippen LogP) is 3.90. The second-order valence-electron chi connectivity index (χ2n) is 9.05. The standard InChI is InChI=1S/C25H26N4O3S/c1-14-8-18(32-23(17-12-31-13-17)15-2-5-26-6-3-15)10-19-22(14)28-24(29-25(19)30)20-9-16-4-7-33-21(16)11-27-20/h4,7-11,15,17,23,26H,2-3,5-6,12-13H2,1H3,(H,28,29,30). The van der Waals surface area contributed by atoms with Crippen molar-refractivity contribution in [2.45, 2.75) is 25.9 Å². The summed E-state index contributed by atoms with van der Waals surface area (Å²) >= 11 is 1.64. The third kappa shape index (κ3) is 3.92. The van der Waals surface area contributed by atoms with Crippen molar-refractivity contribution in [2.24, 2.45) is 11.8 Å². The maximum atomic E-state index is 13.1. The minimum absolute atomic E-state index is 0.102. The monoisotopic (exact) mass is 462 g/mol. The molecule has 1 aromatic carbocycles. The lowest BCUT2D eigenvalue weighted by atomic mass is 9.83. The summed E-state index contributed by atoms with van der Waals surface area (Å²) in [5.41, 5.74) is 2.08. The molecular weight excluding hydrogens is 436 g/mol. The van der Waals surface area contributed by atoms with E-state index in [2.05, 4.69) is 15.3 Å². The second-order valence-corrected chi connectivity index (χ2v) is 9.99. The Kier molecular flexibility index (Phi) is 5.36. The smallest absolute Gasteiger partial charge is 0.259 e. The molecule has 2 aliphatic heterocycles. The summed E-state index contributed by atoms with van der Waals surface area (Å²) in [6, 6.07) is 7.85. The van der Waals surface area contributed by atoms with Gasteiger partial charge in [-0.3, -0.25) is 9.78 Å². The number of thiophene rings is 1. The summed E-state index contributed by atoms with van der Waals surface area (Å²) in [6.45, 7) is 5.51. The van der Waals surface area contributed by atoms with Crippen LogP contribution in [-0.2, 0) is 4.74 Å². The molecule has 2 N–H and O–H groups in total. The van der Waals surface area contributed by atoms with E-state index in [1.165, 1.54) is 0 Å². The lowest BCUT2D eigenvalue weighted by Gasteiger charge is -2.40. The van der Waals surface area contributed by atoms with Crippen molar-refractivity contribution in [1.82, 2.24) is 20.3 Å². The molecule has 1 atom stereocenters. The molecule has 8 heteroatoms. The van der Waals surface area contributed by atoms with Gasteiger partial charge >= 0.3 is 0 Å². The maximum Gasteiger partial charge on any atom is 0.259 e. The summed E-state index contributed by atoms with van der Waals surface area (Å²) in [5, 5.41) is 7.10. The zero-order chi connectivity index (χ0) is 22.4. The number of benzene rings is 1. The van der Waals surface area contributed by atoms with Crippen LogP contribution in [0.5, 0.6) is 5.75 Å². The molecule has 170 valence electrons. The highest BCUT2D eigenvalue weighted by Crippen LogP contribution is 2.32. The Labute approximate surface area is 195 Å². The van der Waals surface area contributed by atoms with Gasteiger partial charge in [0.1, 0.15) is 17.5 Å². The van der Waals surface area contributed by atoms with Crippen molar-refractivity contribution in [1.29, 1.82) is 0 Å². The molecule has 1 unspecified atom stereocenters. The molecule has 7 nitrogen and oxygen atoms in total. The molecular formula is C25H26N4O3S. The Hall–Kier alpha value is -2.81. The molecule has 0 saturated carbocycles. The summed E-state index contributed by atoms with van der Waals surface area (Å²) in [4.78, 5) is 25.3. The number of fused-ring (bicyclic) bond motifs is 2. The Bertz CT molecular complexity index is 1370. The maximum absolute atomic E-state index is 13.1. The number of pyridine rings is 1. The van der Waals surface area contributed by atoms with Crippen LogP contribution in [0.1, 0.15) is 18.4 Å². The number of aromatic amines is 1. The van der Waals surface area contributed by atoms with Crippen molar-refractivity contribution in [2.75, 3.05) is 26.3 Å². The average molecular weight is 463 g/mol. The SMILES string of the molecule is Cc1cc(OC(C2CCNCC2)C2COC2)cc2c(=O)[nH]c(-c3cc4ccsc4cn3)nc12. The van der Waals surface area contributed by atoms with E-state index < -0.39 is 0 Å². The van der Waals surface area contributed by atoms with E-state index in [9.17, 15) is 4.79 Å². The van der Waals surface area contributed by atoms with E-state index >= 15 is 0 Å². The molecule has 4 aromatic rings. The highest BCUT2D eigenvalue weighted by atomic mass is 32.1. The van der Waals surface area contributed by atoms with Gasteiger partial charge < -0.3 is 19.8 Å². The van der Waals surface area contributed by atoms with Gasteiger partial charge in [-0.1, -0.05) is 0 Å². The molecule has 33 heavy (non-hydrogen) atoms. The van der Waals surface area contributed by atoms with Crippen LogP contribution in [-0.4, -0.2) is 47.4 Å². The molecule has 2 saturated heterocycles. The minimum Gasteiger partial charge on any atom is -0.490 e. The Balaban J connectivity index is 1.35. The van der Waals surface area contributed by atoms with Gasteiger partial charge in [0, 0.05) is 12.1 Å². The largest absolute Gasteiger partial charge is 0.490 e. The highest BCUT2D eigenvalue weighted by molar-refractivity contribution is 7.17. The number of aromatic nitrogens is 3. The molecule has 3 aromatic heterocycles. The Morgan fingerprint density at radius 2 is 2.03 bits per heavy atom. The number of nitrogens with zero attached hydrogens (tertiary/aromatic N) is 2. The first kappa shape index (κ1) is 20.8. The number of aryl methyl sites for hydroxylation is 1. The van der Waals surface area contributed by atoms with Gasteiger partial charge in [0.2, 0.25) is 0 Å². The van der Waals surface area contributed by atoms with Crippen LogP contribution in [0.25, 0.3) is 32.5 Å². The quantitative estimate of drug-likeness (QED) is 0.468. The zero-order valence-corrected chi connectivity index (χ0v) is 19.3. The van der Waals surface area contributed by atoms with E-state index in [1.807, 2.05) is 42.8 Å². The molecule has 0 spiro atoms. The van der Waals surface area contributed by atoms with Gasteiger partial charge in [0.05, 0.1) is 28.8 Å². The van der Waals surface area contributed by atoms with Crippen molar-refractivity contribution >= 4 is 32.3 Å². The number of piperidine rings is 1. The Morgan fingerprint density at radius 3 is 2.82 bits per heavy atom. The van der Waals surface area contributed by atoms with E-state index in [-0.39, 0.29) is 11.7 Å². The van der Waals surface area contributed by atoms with E-state index in [0.717, 1.165) is 60.5 Å². The fourth-order valence-corrected chi connectivity index (χ4v) is 5.66. The van der Waals surface area contributed by atoms with Gasteiger partial charge in [-0.05, 0) is 79.4 Å². The topological polar surface area (TPSA) is 89.1 Å². The molecule has 0 bridgehead atoms. The van der Waals surface area contributed by atoms with Crippen molar-refractivity contribution in [3.8, 4) is 17.3 Å². The Morgan fingerprint density at radius 1 is 1.18 bits per heavy atom. The van der Waals surface area contributed by atoms with Gasteiger partial charge in [0.15, 0.2) is 5.82 Å². The van der Waals surface area contributed by atoms with Gasteiger partial charge in [-0.2, -0.15) is 0 Å². The van der Waals surface area contributed by atoms with E-state index in [1.54, 1.807) is 11.3 Å². The lowest BCUT2D eigenvalue weighted by Crippen LogP contribution is -2.48. The fourth-order valence-electron chi connectivity index (χ4n) is 4.92. The van der Waals surface area contributed by atoms with Gasteiger partial charge in [0.25, 0.3) is 5.56 Å². The second kappa shape index (κ2) is 8.52.